The predicted octanol–water partition coefficient (Wildman–Crippen LogP) is 6.13. The maximum absolute atomic E-state index is 13.9. The van der Waals surface area contributed by atoms with Crippen LogP contribution in [0.15, 0.2) is 54.7 Å². The zero-order valence-electron chi connectivity index (χ0n) is 22.5. The van der Waals surface area contributed by atoms with Crippen LogP contribution in [0.2, 0.25) is 0 Å². The third-order valence-corrected chi connectivity index (χ3v) is 8.93. The Bertz CT molecular complexity index is 1380. The summed E-state index contributed by atoms with van der Waals surface area (Å²) >= 11 is 0. The van der Waals surface area contributed by atoms with Gasteiger partial charge in [-0.2, -0.15) is 26.3 Å². The van der Waals surface area contributed by atoms with Crippen molar-refractivity contribution >= 4 is 16.8 Å². The molecule has 0 bridgehead atoms. The maximum Gasteiger partial charge on any atom is 0.416 e. The molecule has 2 aromatic carbocycles. The molecule has 6 rings (SSSR count). The third kappa shape index (κ3) is 5.70. The Hall–Kier alpha value is -3.05. The van der Waals surface area contributed by atoms with Gasteiger partial charge in [0.05, 0.1) is 17.2 Å². The number of rotatable bonds is 4. The number of nitrogens with zero attached hydrogens (tertiary/aromatic N) is 4. The molecule has 11 heteroatoms. The van der Waals surface area contributed by atoms with E-state index in [4.69, 9.17) is 0 Å². The van der Waals surface area contributed by atoms with Crippen LogP contribution in [-0.2, 0) is 18.9 Å². The summed E-state index contributed by atoms with van der Waals surface area (Å²) in [6, 6.07) is 10.9. The zero-order chi connectivity index (χ0) is 28.9. The van der Waals surface area contributed by atoms with Gasteiger partial charge in [0.15, 0.2) is 0 Å². The molecule has 3 aromatic rings. The van der Waals surface area contributed by atoms with Gasteiger partial charge < -0.3 is 9.47 Å². The number of carbonyl (C=O) groups is 1. The van der Waals surface area contributed by atoms with Gasteiger partial charge in [-0.1, -0.05) is 18.2 Å². The highest BCUT2D eigenvalue weighted by Gasteiger charge is 2.43. The van der Waals surface area contributed by atoms with Gasteiger partial charge in [-0.05, 0) is 74.5 Å². The number of hydrogen-bond donors (Lipinski definition) is 0. The van der Waals surface area contributed by atoms with E-state index in [-0.39, 0.29) is 18.7 Å². The molecule has 0 N–H and O–H groups in total. The summed E-state index contributed by atoms with van der Waals surface area (Å²) in [7, 11) is 0. The first kappa shape index (κ1) is 28.1. The molecule has 0 unspecified atom stereocenters. The lowest BCUT2D eigenvalue weighted by molar-refractivity contribution is -0.143. The summed E-state index contributed by atoms with van der Waals surface area (Å²) in [5.74, 6) is -0.802. The fraction of sp³-hybridized carbons (Fsp3) is 0.500. The van der Waals surface area contributed by atoms with Crippen LogP contribution in [0.4, 0.5) is 26.3 Å². The Labute approximate surface area is 234 Å². The van der Waals surface area contributed by atoms with Gasteiger partial charge >= 0.3 is 12.4 Å². The second-order valence-electron chi connectivity index (χ2n) is 11.5. The van der Waals surface area contributed by atoms with Crippen LogP contribution < -0.4 is 0 Å². The van der Waals surface area contributed by atoms with Crippen molar-refractivity contribution < 1.29 is 31.1 Å². The van der Waals surface area contributed by atoms with E-state index < -0.39 is 41.0 Å². The number of hydrogen-bond acceptors (Lipinski definition) is 3. The number of alkyl halides is 6. The first-order chi connectivity index (χ1) is 19.5. The Morgan fingerprint density at radius 2 is 1.41 bits per heavy atom. The van der Waals surface area contributed by atoms with E-state index in [0.29, 0.717) is 31.3 Å². The molecule has 0 aliphatic carbocycles. The average Bonchev–Trinajstić information content (AvgIpc) is 3.62. The van der Waals surface area contributed by atoms with Gasteiger partial charge in [0.25, 0.3) is 5.91 Å². The van der Waals surface area contributed by atoms with Gasteiger partial charge in [-0.3, -0.25) is 14.6 Å². The van der Waals surface area contributed by atoms with Crippen molar-refractivity contribution in [1.29, 1.82) is 0 Å². The number of piperidine rings is 1. The highest BCUT2D eigenvalue weighted by atomic mass is 19.4. The number of para-hydroxylation sites is 1. The molecule has 5 nitrogen and oxygen atoms in total. The number of piperazine rings is 1. The second-order valence-corrected chi connectivity index (χ2v) is 11.5. The van der Waals surface area contributed by atoms with E-state index >= 15 is 0 Å². The average molecular weight is 579 g/mol. The lowest BCUT2D eigenvalue weighted by Crippen LogP contribution is -2.64. The van der Waals surface area contributed by atoms with Crippen LogP contribution in [0.25, 0.3) is 10.9 Å². The van der Waals surface area contributed by atoms with Crippen molar-refractivity contribution in [2.24, 2.45) is 0 Å². The molecule has 0 radical (unpaired) electrons. The summed E-state index contributed by atoms with van der Waals surface area (Å²) in [5.41, 5.74) is -2.59. The Kier molecular flexibility index (Phi) is 7.30. The molecule has 3 aliphatic heterocycles. The lowest BCUT2D eigenvalue weighted by atomic mass is 9.92. The first-order valence-electron chi connectivity index (χ1n) is 14.1. The molecule has 0 spiro atoms. The molecular weight excluding hydrogens is 546 g/mol. The normalized spacial score (nSPS) is 24.6. The Morgan fingerprint density at radius 1 is 0.780 bits per heavy atom. The maximum atomic E-state index is 13.9. The molecule has 3 aliphatic rings. The summed E-state index contributed by atoms with van der Waals surface area (Å²) in [6.45, 7) is 4.12. The minimum absolute atomic E-state index is 0.00310. The van der Waals surface area contributed by atoms with Crippen LogP contribution in [0.5, 0.6) is 0 Å². The van der Waals surface area contributed by atoms with Crippen LogP contribution in [-0.4, -0.2) is 76.0 Å². The monoisotopic (exact) mass is 578 g/mol. The van der Waals surface area contributed by atoms with Crippen LogP contribution in [0, 0.1) is 0 Å². The van der Waals surface area contributed by atoms with E-state index in [9.17, 15) is 31.1 Å². The molecule has 220 valence electrons. The largest absolute Gasteiger partial charge is 0.416 e. The molecular formula is C30H32F6N4O. The molecule has 3 saturated heterocycles. The third-order valence-electron chi connectivity index (χ3n) is 8.93. The number of amides is 1. The minimum atomic E-state index is -5.02. The number of carbonyl (C=O) groups excluding carboxylic acids is 1. The second kappa shape index (κ2) is 10.7. The SMILES string of the molecule is O=C(c1cc(C(F)(F)F)cc(C(F)(F)F)c1)N1C[C@H]2CC[C@@H](N3CCCC3)CN2C[C@@H]1Cn1ccc2ccccc21. The number of likely N-dealkylation sites (tertiary alicyclic amines) is 1. The van der Waals surface area contributed by atoms with E-state index in [2.05, 4.69) is 9.80 Å². The van der Waals surface area contributed by atoms with Gasteiger partial charge in [-0.25, -0.2) is 0 Å². The smallest absolute Gasteiger partial charge is 0.345 e. The first-order valence-corrected chi connectivity index (χ1v) is 14.1. The van der Waals surface area contributed by atoms with Gasteiger partial charge in [-0.15, -0.1) is 0 Å². The predicted molar refractivity (Wildman–Crippen MR) is 142 cm³/mol. The molecule has 3 fully saturated rings. The number of benzene rings is 2. The lowest BCUT2D eigenvalue weighted by Gasteiger charge is -2.51. The molecule has 1 aromatic heterocycles. The molecule has 41 heavy (non-hydrogen) atoms. The van der Waals surface area contributed by atoms with Crippen LogP contribution in [0.3, 0.4) is 0 Å². The number of aromatic nitrogens is 1. The molecule has 0 saturated carbocycles. The van der Waals surface area contributed by atoms with Crippen LogP contribution in [0.1, 0.15) is 47.2 Å². The van der Waals surface area contributed by atoms with E-state index in [1.807, 2.05) is 41.1 Å². The number of fused-ring (bicyclic) bond motifs is 2. The molecule has 3 atom stereocenters. The Morgan fingerprint density at radius 3 is 2.07 bits per heavy atom. The van der Waals surface area contributed by atoms with Crippen molar-refractivity contribution in [3.05, 3.63) is 71.4 Å². The summed E-state index contributed by atoms with van der Waals surface area (Å²) in [5, 5.41) is 1.01. The minimum Gasteiger partial charge on any atom is -0.345 e. The summed E-state index contributed by atoms with van der Waals surface area (Å²) in [4.78, 5) is 20.3. The van der Waals surface area contributed by atoms with Crippen LogP contribution >= 0.6 is 0 Å². The van der Waals surface area contributed by atoms with Crippen molar-refractivity contribution in [3.8, 4) is 0 Å². The van der Waals surface area contributed by atoms with E-state index in [0.717, 1.165) is 43.4 Å². The highest BCUT2D eigenvalue weighted by Crippen LogP contribution is 2.37. The number of halogens is 6. The van der Waals surface area contributed by atoms with Gasteiger partial charge in [0, 0.05) is 55.5 Å². The molecule has 4 heterocycles. The molecule has 1 amide bonds. The van der Waals surface area contributed by atoms with Gasteiger partial charge in [0.1, 0.15) is 0 Å². The fourth-order valence-corrected chi connectivity index (χ4v) is 6.84. The van der Waals surface area contributed by atoms with E-state index in [1.54, 1.807) is 0 Å². The van der Waals surface area contributed by atoms with E-state index in [1.165, 1.54) is 17.7 Å². The van der Waals surface area contributed by atoms with Crippen molar-refractivity contribution in [2.75, 3.05) is 32.7 Å². The van der Waals surface area contributed by atoms with Crippen molar-refractivity contribution in [2.45, 2.75) is 62.7 Å². The standard InChI is InChI=1S/C30H32F6N4O/c31-29(32,33)22-13-21(14-23(15-22)30(34,35)36)28(41)40-19-25-8-7-24(37-10-3-4-11-37)16-39(25)18-26(40)17-38-12-9-20-5-1-2-6-27(20)38/h1-2,5-6,9,12-15,24-26H,3-4,7-8,10-11,16-19H2/t24-,25-,26+/m1/s1. The topological polar surface area (TPSA) is 31.7 Å². The van der Waals surface area contributed by atoms with Crippen molar-refractivity contribution in [1.82, 2.24) is 19.3 Å². The zero-order valence-corrected chi connectivity index (χ0v) is 22.5. The highest BCUT2D eigenvalue weighted by molar-refractivity contribution is 5.95. The van der Waals surface area contributed by atoms with Gasteiger partial charge in [0.2, 0.25) is 0 Å². The van der Waals surface area contributed by atoms with Crippen molar-refractivity contribution in [3.63, 3.8) is 0 Å². The summed E-state index contributed by atoms with van der Waals surface area (Å²) in [6.07, 6.45) is -3.99. The summed E-state index contributed by atoms with van der Waals surface area (Å²) < 4.78 is 83.6. The quantitative estimate of drug-likeness (QED) is 0.349. The fourth-order valence-electron chi connectivity index (χ4n) is 6.84. The Balaban J connectivity index is 1.33.